The first-order valence-electron chi connectivity index (χ1n) is 4.37. The second-order valence-electron chi connectivity index (χ2n) is 3.86. The molecule has 0 aliphatic rings. The summed E-state index contributed by atoms with van der Waals surface area (Å²) in [4.78, 5) is 4.12. The van der Waals surface area contributed by atoms with Crippen molar-refractivity contribution in [3.8, 4) is 0 Å². The first-order valence-corrected chi connectivity index (χ1v) is 4.37. The minimum Gasteiger partial charge on any atom is -0.391 e. The molecule has 0 saturated heterocycles. The van der Waals surface area contributed by atoms with Crippen molar-refractivity contribution < 1.29 is 5.11 Å². The summed E-state index contributed by atoms with van der Waals surface area (Å²) >= 11 is 0. The molecule has 1 heterocycles. The zero-order valence-corrected chi connectivity index (χ0v) is 8.07. The zero-order chi connectivity index (χ0) is 9.90. The van der Waals surface area contributed by atoms with E-state index in [4.69, 9.17) is 5.73 Å². The van der Waals surface area contributed by atoms with Crippen LogP contribution in [0, 0.1) is 0 Å². The predicted octanol–water partition coefficient (Wildman–Crippen LogP) is 0.722. The highest BCUT2D eigenvalue weighted by molar-refractivity contribution is 5.06. The minimum atomic E-state index is -0.572. The number of aromatic nitrogens is 1. The summed E-state index contributed by atoms with van der Waals surface area (Å²) in [7, 11) is 0. The van der Waals surface area contributed by atoms with Crippen LogP contribution in [0.15, 0.2) is 24.4 Å². The third kappa shape index (κ3) is 3.13. The largest absolute Gasteiger partial charge is 0.391 e. The molecule has 3 nitrogen and oxygen atoms in total. The van der Waals surface area contributed by atoms with Gasteiger partial charge >= 0.3 is 0 Å². The van der Waals surface area contributed by atoms with Crippen molar-refractivity contribution in [3.05, 3.63) is 30.1 Å². The van der Waals surface area contributed by atoms with Gasteiger partial charge in [0.05, 0.1) is 6.10 Å². The number of rotatable bonds is 3. The first kappa shape index (κ1) is 10.2. The molecule has 0 aliphatic carbocycles. The molecule has 0 aromatic carbocycles. The molecular weight excluding hydrogens is 164 g/mol. The molecule has 0 radical (unpaired) electrons. The normalized spacial score (nSPS) is 14.2. The molecule has 1 atom stereocenters. The van der Waals surface area contributed by atoms with Crippen molar-refractivity contribution in [2.45, 2.75) is 31.9 Å². The number of pyridine rings is 1. The van der Waals surface area contributed by atoms with Gasteiger partial charge in [-0.1, -0.05) is 6.07 Å². The van der Waals surface area contributed by atoms with Crippen LogP contribution in [0.2, 0.25) is 0 Å². The van der Waals surface area contributed by atoms with Gasteiger partial charge in [0, 0.05) is 23.9 Å². The van der Waals surface area contributed by atoms with Gasteiger partial charge in [0.25, 0.3) is 0 Å². The standard InChI is InChI=1S/C10H16N2O/c1-10(2,11)9(13)7-8-5-3-4-6-12-8/h3-6,9,13H,7,11H2,1-2H3. The molecule has 0 bridgehead atoms. The molecule has 1 aromatic rings. The molecular formula is C10H16N2O. The SMILES string of the molecule is CC(C)(N)C(O)Cc1ccccn1. The summed E-state index contributed by atoms with van der Waals surface area (Å²) in [5, 5.41) is 9.67. The van der Waals surface area contributed by atoms with Crippen LogP contribution in [0.1, 0.15) is 19.5 Å². The average Bonchev–Trinajstić information content (AvgIpc) is 2.04. The Balaban J connectivity index is 2.61. The minimum absolute atomic E-state index is 0.504. The van der Waals surface area contributed by atoms with Gasteiger partial charge in [-0.15, -0.1) is 0 Å². The molecule has 0 fully saturated rings. The fourth-order valence-corrected chi connectivity index (χ4v) is 0.980. The van der Waals surface area contributed by atoms with Gasteiger partial charge < -0.3 is 10.8 Å². The summed E-state index contributed by atoms with van der Waals surface area (Å²) in [5.41, 5.74) is 6.05. The summed E-state index contributed by atoms with van der Waals surface area (Å²) < 4.78 is 0. The van der Waals surface area contributed by atoms with Gasteiger partial charge in [-0.25, -0.2) is 0 Å². The maximum absolute atomic E-state index is 9.67. The molecule has 0 spiro atoms. The van der Waals surface area contributed by atoms with E-state index < -0.39 is 11.6 Å². The Morgan fingerprint density at radius 3 is 2.69 bits per heavy atom. The van der Waals surface area contributed by atoms with E-state index in [2.05, 4.69) is 4.98 Å². The Bertz CT molecular complexity index is 253. The van der Waals surface area contributed by atoms with Crippen LogP contribution in [0.5, 0.6) is 0 Å². The third-order valence-electron chi connectivity index (χ3n) is 1.99. The van der Waals surface area contributed by atoms with Crippen LogP contribution in [-0.4, -0.2) is 21.7 Å². The summed E-state index contributed by atoms with van der Waals surface area (Å²) in [5.74, 6) is 0. The Labute approximate surface area is 78.6 Å². The first-order chi connectivity index (χ1) is 6.00. The summed E-state index contributed by atoms with van der Waals surface area (Å²) in [6, 6.07) is 5.64. The van der Waals surface area contributed by atoms with Gasteiger partial charge in [-0.3, -0.25) is 4.98 Å². The molecule has 1 unspecified atom stereocenters. The maximum Gasteiger partial charge on any atom is 0.0769 e. The van der Waals surface area contributed by atoms with Crippen LogP contribution in [-0.2, 0) is 6.42 Å². The van der Waals surface area contributed by atoms with Crippen molar-refractivity contribution in [1.82, 2.24) is 4.98 Å². The number of hydrogen-bond donors (Lipinski definition) is 2. The fraction of sp³-hybridized carbons (Fsp3) is 0.500. The van der Waals surface area contributed by atoms with E-state index in [1.165, 1.54) is 0 Å². The van der Waals surface area contributed by atoms with Gasteiger partial charge in [0.2, 0.25) is 0 Å². The van der Waals surface area contributed by atoms with Crippen LogP contribution in [0.25, 0.3) is 0 Å². The Hall–Kier alpha value is -0.930. The van der Waals surface area contributed by atoms with Crippen LogP contribution < -0.4 is 5.73 Å². The molecule has 13 heavy (non-hydrogen) atoms. The van der Waals surface area contributed by atoms with Gasteiger partial charge in [-0.05, 0) is 26.0 Å². The molecule has 1 rings (SSSR count). The van der Waals surface area contributed by atoms with Crippen molar-refractivity contribution in [3.63, 3.8) is 0 Å². The van der Waals surface area contributed by atoms with Gasteiger partial charge in [0.15, 0.2) is 0 Å². The summed E-state index contributed by atoms with van der Waals surface area (Å²) in [6.45, 7) is 3.61. The van der Waals surface area contributed by atoms with E-state index in [0.717, 1.165) is 5.69 Å². The van der Waals surface area contributed by atoms with Gasteiger partial charge in [0.1, 0.15) is 0 Å². The fourth-order valence-electron chi connectivity index (χ4n) is 0.980. The topological polar surface area (TPSA) is 59.1 Å². The highest BCUT2D eigenvalue weighted by atomic mass is 16.3. The third-order valence-corrected chi connectivity index (χ3v) is 1.99. The lowest BCUT2D eigenvalue weighted by Gasteiger charge is -2.25. The number of aliphatic hydroxyl groups is 1. The van der Waals surface area contributed by atoms with Crippen molar-refractivity contribution >= 4 is 0 Å². The van der Waals surface area contributed by atoms with Gasteiger partial charge in [-0.2, -0.15) is 0 Å². The van der Waals surface area contributed by atoms with E-state index in [9.17, 15) is 5.11 Å². The second kappa shape index (κ2) is 3.85. The molecule has 0 saturated carbocycles. The maximum atomic E-state index is 9.67. The van der Waals surface area contributed by atoms with E-state index >= 15 is 0 Å². The van der Waals surface area contributed by atoms with Crippen LogP contribution >= 0.6 is 0 Å². The lowest BCUT2D eigenvalue weighted by molar-refractivity contribution is 0.103. The van der Waals surface area contributed by atoms with E-state index in [0.29, 0.717) is 6.42 Å². The summed E-state index contributed by atoms with van der Waals surface area (Å²) in [6.07, 6.45) is 1.66. The van der Waals surface area contributed by atoms with Crippen molar-refractivity contribution in [2.24, 2.45) is 5.73 Å². The number of hydrogen-bond acceptors (Lipinski definition) is 3. The lowest BCUT2D eigenvalue weighted by atomic mass is 9.95. The second-order valence-corrected chi connectivity index (χ2v) is 3.86. The highest BCUT2D eigenvalue weighted by Crippen LogP contribution is 2.09. The van der Waals surface area contributed by atoms with Crippen LogP contribution in [0.4, 0.5) is 0 Å². The molecule has 1 aromatic heterocycles. The Morgan fingerprint density at radius 1 is 1.54 bits per heavy atom. The van der Waals surface area contributed by atoms with E-state index in [-0.39, 0.29) is 0 Å². The van der Waals surface area contributed by atoms with E-state index in [1.807, 2.05) is 18.2 Å². The average molecular weight is 180 g/mol. The molecule has 0 amide bonds. The Morgan fingerprint density at radius 2 is 2.23 bits per heavy atom. The molecule has 72 valence electrons. The van der Waals surface area contributed by atoms with Crippen molar-refractivity contribution in [2.75, 3.05) is 0 Å². The number of aliphatic hydroxyl groups excluding tert-OH is 1. The molecule has 3 N–H and O–H groups in total. The Kier molecular flexibility index (Phi) is 3.01. The lowest BCUT2D eigenvalue weighted by Crippen LogP contribution is -2.46. The zero-order valence-electron chi connectivity index (χ0n) is 8.07. The van der Waals surface area contributed by atoms with E-state index in [1.54, 1.807) is 20.0 Å². The molecule has 0 aliphatic heterocycles. The molecule has 3 heteroatoms. The van der Waals surface area contributed by atoms with Crippen LogP contribution in [0.3, 0.4) is 0 Å². The van der Waals surface area contributed by atoms with Crippen molar-refractivity contribution in [1.29, 1.82) is 0 Å². The monoisotopic (exact) mass is 180 g/mol. The quantitative estimate of drug-likeness (QED) is 0.720. The number of nitrogens with two attached hydrogens (primary N) is 1. The number of nitrogens with zero attached hydrogens (tertiary/aromatic N) is 1. The predicted molar refractivity (Wildman–Crippen MR) is 52.2 cm³/mol. The highest BCUT2D eigenvalue weighted by Gasteiger charge is 2.22. The smallest absolute Gasteiger partial charge is 0.0769 e.